The van der Waals surface area contributed by atoms with Gasteiger partial charge in [0.2, 0.25) is 0 Å². The number of para-hydroxylation sites is 1. The minimum Gasteiger partial charge on any atom is -0.378 e. The highest BCUT2D eigenvalue weighted by Crippen LogP contribution is 2.43. The number of anilines is 1. The van der Waals surface area contributed by atoms with Crippen LogP contribution in [0.25, 0.3) is 0 Å². The molecule has 3 aromatic carbocycles. The molecule has 0 bridgehead atoms. The molecule has 0 unspecified atom stereocenters. The van der Waals surface area contributed by atoms with Gasteiger partial charge in [0, 0.05) is 24.3 Å². The van der Waals surface area contributed by atoms with E-state index in [1.54, 1.807) is 4.90 Å². The molecule has 3 aromatic rings. The number of amides is 1. The first-order valence-corrected chi connectivity index (χ1v) is 11.3. The number of hydrogen-bond donors (Lipinski definition) is 0. The summed E-state index contributed by atoms with van der Waals surface area (Å²) in [5.74, 6) is -0.260. The van der Waals surface area contributed by atoms with Crippen LogP contribution in [0.3, 0.4) is 0 Å². The monoisotopic (exact) mass is 438 g/mol. The van der Waals surface area contributed by atoms with Crippen molar-refractivity contribution in [3.8, 4) is 0 Å². The number of hydrogen-bond acceptors (Lipinski definition) is 4. The van der Waals surface area contributed by atoms with Crippen molar-refractivity contribution >= 4 is 17.4 Å². The second-order valence-electron chi connectivity index (χ2n) is 8.38. The molecule has 0 radical (unpaired) electrons. The fourth-order valence-electron chi connectivity index (χ4n) is 4.60. The van der Waals surface area contributed by atoms with Gasteiger partial charge < -0.3 is 9.64 Å². The minimum absolute atomic E-state index is 0.114. The maximum absolute atomic E-state index is 14.0. The normalized spacial score (nSPS) is 18.7. The topological polar surface area (TPSA) is 49.9 Å². The summed E-state index contributed by atoms with van der Waals surface area (Å²) < 4.78 is 5.54. The molecule has 33 heavy (non-hydrogen) atoms. The molecule has 5 heteroatoms. The Morgan fingerprint density at radius 3 is 2.09 bits per heavy atom. The largest absolute Gasteiger partial charge is 0.378 e. The third-order valence-corrected chi connectivity index (χ3v) is 6.24. The highest BCUT2D eigenvalue weighted by atomic mass is 16.5. The molecule has 0 N–H and O–H groups in total. The summed E-state index contributed by atoms with van der Waals surface area (Å²) in [7, 11) is 0. The molecular weight excluding hydrogens is 412 g/mol. The van der Waals surface area contributed by atoms with E-state index in [0.29, 0.717) is 43.1 Å². The summed E-state index contributed by atoms with van der Waals surface area (Å²) in [6.07, 6.45) is 0. The predicted octanol–water partition coefficient (Wildman–Crippen LogP) is 4.55. The van der Waals surface area contributed by atoms with Gasteiger partial charge in [-0.15, -0.1) is 0 Å². The van der Waals surface area contributed by atoms with Gasteiger partial charge in [-0.1, -0.05) is 78.4 Å². The van der Waals surface area contributed by atoms with Crippen molar-refractivity contribution in [2.24, 2.45) is 0 Å². The molecule has 0 aliphatic carbocycles. The molecule has 5 nitrogen and oxygen atoms in total. The van der Waals surface area contributed by atoms with E-state index in [9.17, 15) is 9.59 Å². The van der Waals surface area contributed by atoms with E-state index in [-0.39, 0.29) is 11.7 Å². The first kappa shape index (κ1) is 21.2. The first-order chi connectivity index (χ1) is 16.1. The van der Waals surface area contributed by atoms with Crippen molar-refractivity contribution in [2.45, 2.75) is 13.0 Å². The zero-order valence-corrected chi connectivity index (χ0v) is 18.6. The zero-order valence-electron chi connectivity index (χ0n) is 18.6. The molecule has 0 saturated carbocycles. The highest BCUT2D eigenvalue weighted by molar-refractivity contribution is 6.21. The SMILES string of the molecule is Cc1ccc(C(=O)C2=C(N3CCOCC3)C(=O)N(c3ccccc3)[C@H]2c2ccccc2)cc1. The maximum atomic E-state index is 14.0. The number of benzene rings is 3. The quantitative estimate of drug-likeness (QED) is 0.549. The summed E-state index contributed by atoms with van der Waals surface area (Å²) >= 11 is 0. The van der Waals surface area contributed by atoms with E-state index in [1.807, 2.05) is 96.8 Å². The van der Waals surface area contributed by atoms with Crippen LogP contribution in [0.1, 0.15) is 27.5 Å². The smallest absolute Gasteiger partial charge is 0.275 e. The third kappa shape index (κ3) is 3.96. The average Bonchev–Trinajstić information content (AvgIpc) is 3.18. The van der Waals surface area contributed by atoms with Crippen molar-refractivity contribution in [3.05, 3.63) is 113 Å². The third-order valence-electron chi connectivity index (χ3n) is 6.24. The Balaban J connectivity index is 1.72. The van der Waals surface area contributed by atoms with Gasteiger partial charge in [0.25, 0.3) is 5.91 Å². The Morgan fingerprint density at radius 2 is 1.45 bits per heavy atom. The van der Waals surface area contributed by atoms with Crippen LogP contribution in [0.4, 0.5) is 5.69 Å². The molecule has 0 spiro atoms. The number of nitrogens with zero attached hydrogens (tertiary/aromatic N) is 2. The van der Waals surface area contributed by atoms with Gasteiger partial charge in [0.15, 0.2) is 5.78 Å². The number of ether oxygens (including phenoxy) is 1. The lowest BCUT2D eigenvalue weighted by Gasteiger charge is -2.30. The van der Waals surface area contributed by atoms with Crippen molar-refractivity contribution in [1.82, 2.24) is 4.90 Å². The number of carbonyl (C=O) groups is 2. The zero-order chi connectivity index (χ0) is 22.8. The summed E-state index contributed by atoms with van der Waals surface area (Å²) in [6, 6.07) is 26.5. The predicted molar refractivity (Wildman–Crippen MR) is 128 cm³/mol. The molecule has 1 fully saturated rings. The lowest BCUT2D eigenvalue weighted by molar-refractivity contribution is -0.116. The van der Waals surface area contributed by atoms with Gasteiger partial charge in [0.05, 0.1) is 24.8 Å². The molecule has 2 heterocycles. The van der Waals surface area contributed by atoms with Gasteiger partial charge in [0.1, 0.15) is 5.70 Å². The highest BCUT2D eigenvalue weighted by Gasteiger charge is 2.46. The number of morpholine rings is 1. The Bertz CT molecular complexity index is 1180. The van der Waals surface area contributed by atoms with Crippen LogP contribution in [-0.4, -0.2) is 42.9 Å². The van der Waals surface area contributed by atoms with Gasteiger partial charge >= 0.3 is 0 Å². The van der Waals surface area contributed by atoms with E-state index in [1.165, 1.54) is 0 Å². The van der Waals surface area contributed by atoms with Crippen molar-refractivity contribution in [1.29, 1.82) is 0 Å². The van der Waals surface area contributed by atoms with Gasteiger partial charge in [-0.25, -0.2) is 0 Å². The van der Waals surface area contributed by atoms with E-state index in [4.69, 9.17) is 4.74 Å². The number of aryl methyl sites for hydroxylation is 1. The maximum Gasteiger partial charge on any atom is 0.275 e. The number of ketones is 1. The summed E-state index contributed by atoms with van der Waals surface area (Å²) in [5.41, 5.74) is 4.37. The second-order valence-corrected chi connectivity index (χ2v) is 8.38. The number of Topliss-reactive ketones (excluding diaryl/α,β-unsaturated/α-hetero) is 1. The lowest BCUT2D eigenvalue weighted by atomic mass is 9.91. The van der Waals surface area contributed by atoms with E-state index in [2.05, 4.69) is 0 Å². The molecule has 0 aromatic heterocycles. The summed E-state index contributed by atoms with van der Waals surface area (Å²) in [4.78, 5) is 31.8. The van der Waals surface area contributed by atoms with E-state index >= 15 is 0 Å². The fraction of sp³-hybridized carbons (Fsp3) is 0.214. The Hall–Kier alpha value is -3.70. The molecule has 2 aliphatic rings. The second kappa shape index (κ2) is 9.04. The van der Waals surface area contributed by atoms with Crippen LogP contribution >= 0.6 is 0 Å². The molecule has 1 amide bonds. The van der Waals surface area contributed by atoms with Crippen molar-refractivity contribution < 1.29 is 14.3 Å². The van der Waals surface area contributed by atoms with Crippen molar-refractivity contribution in [3.63, 3.8) is 0 Å². The molecule has 1 atom stereocenters. The average molecular weight is 439 g/mol. The minimum atomic E-state index is -0.507. The first-order valence-electron chi connectivity index (χ1n) is 11.3. The van der Waals surface area contributed by atoms with Crippen LogP contribution in [0.2, 0.25) is 0 Å². The summed E-state index contributed by atoms with van der Waals surface area (Å²) in [6.45, 7) is 4.22. The Morgan fingerprint density at radius 1 is 0.848 bits per heavy atom. The van der Waals surface area contributed by atoms with Gasteiger partial charge in [-0.05, 0) is 24.6 Å². The molecule has 166 valence electrons. The van der Waals surface area contributed by atoms with Crippen LogP contribution in [0.15, 0.2) is 96.2 Å². The van der Waals surface area contributed by atoms with Gasteiger partial charge in [-0.2, -0.15) is 0 Å². The van der Waals surface area contributed by atoms with E-state index in [0.717, 1.165) is 16.8 Å². The number of carbonyl (C=O) groups excluding carboxylic acids is 2. The summed E-state index contributed by atoms with van der Waals surface area (Å²) in [5, 5.41) is 0. The number of rotatable bonds is 5. The van der Waals surface area contributed by atoms with Crippen LogP contribution in [0.5, 0.6) is 0 Å². The Kier molecular flexibility index (Phi) is 5.80. The fourth-order valence-corrected chi connectivity index (χ4v) is 4.60. The Labute approximate surface area is 193 Å². The standard InChI is InChI=1S/C28H26N2O3/c1-20-12-14-22(15-13-20)27(31)24-25(21-8-4-2-5-9-21)30(23-10-6-3-7-11-23)28(32)26(24)29-16-18-33-19-17-29/h2-15,25H,16-19H2,1H3/t25-/m0/s1. The van der Waals surface area contributed by atoms with Crippen molar-refractivity contribution in [2.75, 3.05) is 31.2 Å². The van der Waals surface area contributed by atoms with Crippen LogP contribution in [-0.2, 0) is 9.53 Å². The van der Waals surface area contributed by atoms with Gasteiger partial charge in [-0.3, -0.25) is 14.5 Å². The molecular formula is C28H26N2O3. The molecule has 5 rings (SSSR count). The van der Waals surface area contributed by atoms with Crippen LogP contribution < -0.4 is 4.90 Å². The van der Waals surface area contributed by atoms with E-state index < -0.39 is 6.04 Å². The molecule has 2 aliphatic heterocycles. The van der Waals surface area contributed by atoms with Crippen LogP contribution in [0, 0.1) is 6.92 Å². The molecule has 1 saturated heterocycles. The lowest BCUT2D eigenvalue weighted by Crippen LogP contribution is -2.40.